The number of anilines is 1. The maximum absolute atomic E-state index is 14.0. The van der Waals surface area contributed by atoms with Crippen molar-refractivity contribution in [2.24, 2.45) is 5.92 Å². The zero-order chi connectivity index (χ0) is 30.2. The first-order valence-electron chi connectivity index (χ1n) is 15.5. The number of hydrogen-bond donors (Lipinski definition) is 0. The van der Waals surface area contributed by atoms with Crippen molar-refractivity contribution >= 4 is 23.4 Å². The van der Waals surface area contributed by atoms with E-state index in [1.165, 1.54) is 5.56 Å². The number of aromatic nitrogens is 1. The van der Waals surface area contributed by atoms with Crippen LogP contribution in [0.15, 0.2) is 73.1 Å². The number of rotatable bonds is 5. The molecule has 0 spiro atoms. The van der Waals surface area contributed by atoms with Crippen molar-refractivity contribution in [2.75, 3.05) is 44.2 Å². The van der Waals surface area contributed by atoms with Gasteiger partial charge in [0.25, 0.3) is 0 Å². The first-order chi connectivity index (χ1) is 20.9. The monoisotopic (exact) mass is 581 g/mol. The average Bonchev–Trinajstić information content (AvgIpc) is 3.05. The number of carbonyl (C=O) groups excluding carboxylic acids is 3. The summed E-state index contributed by atoms with van der Waals surface area (Å²) in [6, 6.07) is 20.6. The van der Waals surface area contributed by atoms with Gasteiger partial charge in [-0.25, -0.2) is 0 Å². The Morgan fingerprint density at radius 3 is 2.28 bits per heavy atom. The third-order valence-corrected chi connectivity index (χ3v) is 8.77. The van der Waals surface area contributed by atoms with Crippen LogP contribution in [0, 0.1) is 5.92 Å². The fourth-order valence-electron chi connectivity index (χ4n) is 6.29. The molecular weight excluding hydrogens is 538 g/mol. The molecule has 2 aliphatic heterocycles. The maximum atomic E-state index is 14.0. The molecule has 1 saturated heterocycles. The molecule has 3 heterocycles. The van der Waals surface area contributed by atoms with Gasteiger partial charge < -0.3 is 14.7 Å². The quantitative estimate of drug-likeness (QED) is 0.425. The lowest BCUT2D eigenvalue weighted by atomic mass is 9.92. The summed E-state index contributed by atoms with van der Waals surface area (Å²) in [6.45, 7) is 8.68. The molecule has 3 amide bonds. The zero-order valence-corrected chi connectivity index (χ0v) is 25.5. The van der Waals surface area contributed by atoms with Crippen molar-refractivity contribution in [1.82, 2.24) is 19.7 Å². The number of pyridine rings is 1. The molecule has 43 heavy (non-hydrogen) atoms. The Kier molecular flexibility index (Phi) is 10.2. The van der Waals surface area contributed by atoms with Gasteiger partial charge in [-0.15, -0.1) is 0 Å². The van der Waals surface area contributed by atoms with Crippen LogP contribution in [-0.4, -0.2) is 76.7 Å². The Morgan fingerprint density at radius 2 is 1.58 bits per heavy atom. The predicted octanol–water partition coefficient (Wildman–Crippen LogP) is 4.98. The minimum atomic E-state index is -0.000609. The molecule has 226 valence electrons. The van der Waals surface area contributed by atoms with Gasteiger partial charge in [0.2, 0.25) is 17.7 Å². The van der Waals surface area contributed by atoms with Crippen molar-refractivity contribution in [1.29, 1.82) is 0 Å². The molecular formula is C35H43N5O3. The van der Waals surface area contributed by atoms with Crippen LogP contribution in [0.4, 0.5) is 5.69 Å². The number of benzene rings is 2. The van der Waals surface area contributed by atoms with Gasteiger partial charge in [-0.05, 0) is 65.6 Å². The third kappa shape index (κ3) is 8.08. The number of piperidine rings is 1. The van der Waals surface area contributed by atoms with Crippen molar-refractivity contribution in [2.45, 2.75) is 52.6 Å². The second kappa shape index (κ2) is 14.4. The van der Waals surface area contributed by atoms with E-state index in [9.17, 15) is 14.4 Å². The number of fused-ring (bicyclic) bond motifs is 1. The molecule has 0 aliphatic carbocycles. The van der Waals surface area contributed by atoms with Crippen LogP contribution in [0.1, 0.15) is 50.7 Å². The summed E-state index contributed by atoms with van der Waals surface area (Å²) in [7, 11) is 0. The topological polar surface area (TPSA) is 77.1 Å². The lowest BCUT2D eigenvalue weighted by Gasteiger charge is -2.33. The summed E-state index contributed by atoms with van der Waals surface area (Å²) in [5, 5.41) is 0. The highest BCUT2D eigenvalue weighted by Crippen LogP contribution is 2.30. The smallest absolute Gasteiger partial charge is 0.223 e. The minimum Gasteiger partial charge on any atom is -0.343 e. The van der Waals surface area contributed by atoms with Crippen LogP contribution in [0.2, 0.25) is 0 Å². The highest BCUT2D eigenvalue weighted by Gasteiger charge is 2.27. The summed E-state index contributed by atoms with van der Waals surface area (Å²) in [5.41, 5.74) is 5.08. The lowest BCUT2D eigenvalue weighted by molar-refractivity contribution is -0.134. The molecule has 2 aliphatic rings. The van der Waals surface area contributed by atoms with Gasteiger partial charge in [0.15, 0.2) is 0 Å². The van der Waals surface area contributed by atoms with Crippen molar-refractivity contribution in [3.63, 3.8) is 0 Å². The van der Waals surface area contributed by atoms with E-state index >= 15 is 0 Å². The molecule has 1 aromatic heterocycles. The Hall–Kier alpha value is -4.04. The minimum absolute atomic E-state index is 0.000609. The number of likely N-dealkylation sites (tertiary alicyclic amines) is 1. The molecule has 3 aromatic rings. The van der Waals surface area contributed by atoms with E-state index in [1.807, 2.05) is 51.2 Å². The first kappa shape index (κ1) is 30.4. The molecule has 0 atom stereocenters. The highest BCUT2D eigenvalue weighted by molar-refractivity contribution is 5.93. The highest BCUT2D eigenvalue weighted by atomic mass is 16.2. The summed E-state index contributed by atoms with van der Waals surface area (Å²) in [6.07, 6.45) is 6.59. The molecule has 8 nitrogen and oxygen atoms in total. The van der Waals surface area contributed by atoms with E-state index in [1.54, 1.807) is 20.0 Å². The van der Waals surface area contributed by atoms with Crippen molar-refractivity contribution in [3.8, 4) is 11.1 Å². The standard InChI is InChI=1S/C35H43N5O3/c1-27(41)38-18-13-29(14-19-38)22-35(43)39-21-20-37(25-30-8-4-3-5-9-30)16-7-17-40(28(2)42)34-12-11-31(23-33(34)26-39)32-10-6-15-36-24-32/h3-6,8-12,15,23-24,29H,7,13-14,16-22,25-26H2,1-2H3. The molecule has 5 rings (SSSR count). The summed E-state index contributed by atoms with van der Waals surface area (Å²) >= 11 is 0. The van der Waals surface area contributed by atoms with Crippen molar-refractivity contribution < 1.29 is 14.4 Å². The lowest BCUT2D eigenvalue weighted by Crippen LogP contribution is -2.41. The number of hydrogen-bond acceptors (Lipinski definition) is 5. The fraction of sp³-hybridized carbons (Fsp3) is 0.429. The van der Waals surface area contributed by atoms with Crippen LogP contribution in [0.3, 0.4) is 0 Å². The SMILES string of the molecule is CC(=O)N1CCC(CC(=O)N2CCN(Cc3ccccc3)CCCN(C(C)=O)c3ccc(-c4cccnc4)cc3C2)CC1. The molecule has 0 N–H and O–H groups in total. The summed E-state index contributed by atoms with van der Waals surface area (Å²) < 4.78 is 0. The molecule has 0 radical (unpaired) electrons. The van der Waals surface area contributed by atoms with Crippen LogP contribution in [-0.2, 0) is 27.5 Å². The number of amides is 3. The van der Waals surface area contributed by atoms with E-state index in [2.05, 4.69) is 40.2 Å². The molecule has 8 heteroatoms. The first-order valence-corrected chi connectivity index (χ1v) is 15.5. The van der Waals surface area contributed by atoms with E-state index in [0.717, 1.165) is 61.3 Å². The molecule has 0 unspecified atom stereocenters. The van der Waals surface area contributed by atoms with Crippen LogP contribution in [0.5, 0.6) is 0 Å². The van der Waals surface area contributed by atoms with Crippen molar-refractivity contribution in [3.05, 3.63) is 84.2 Å². The van der Waals surface area contributed by atoms with Gasteiger partial charge in [0.05, 0.1) is 0 Å². The van der Waals surface area contributed by atoms with Gasteiger partial charge in [-0.1, -0.05) is 42.5 Å². The molecule has 0 bridgehead atoms. The Morgan fingerprint density at radius 1 is 0.791 bits per heavy atom. The zero-order valence-electron chi connectivity index (χ0n) is 25.5. The second-order valence-corrected chi connectivity index (χ2v) is 11.8. The Balaban J connectivity index is 1.44. The molecule has 0 saturated carbocycles. The third-order valence-electron chi connectivity index (χ3n) is 8.77. The van der Waals surface area contributed by atoms with Crippen LogP contribution in [0.25, 0.3) is 11.1 Å². The maximum Gasteiger partial charge on any atom is 0.223 e. The van der Waals surface area contributed by atoms with Crippen LogP contribution >= 0.6 is 0 Å². The van der Waals surface area contributed by atoms with E-state index in [4.69, 9.17) is 0 Å². The Bertz CT molecular complexity index is 1390. The number of nitrogens with zero attached hydrogens (tertiary/aromatic N) is 5. The van der Waals surface area contributed by atoms with E-state index < -0.39 is 0 Å². The van der Waals surface area contributed by atoms with Gasteiger partial charge in [-0.2, -0.15) is 0 Å². The normalized spacial score (nSPS) is 17.2. The molecule has 1 fully saturated rings. The average molecular weight is 582 g/mol. The Labute approximate surface area is 255 Å². The van der Waals surface area contributed by atoms with Crippen LogP contribution < -0.4 is 4.90 Å². The van der Waals surface area contributed by atoms with E-state index in [-0.39, 0.29) is 23.6 Å². The van der Waals surface area contributed by atoms with Gasteiger partial charge in [0.1, 0.15) is 0 Å². The van der Waals surface area contributed by atoms with Gasteiger partial charge in [0, 0.05) is 90.7 Å². The van der Waals surface area contributed by atoms with Gasteiger partial charge in [-0.3, -0.25) is 24.3 Å². The van der Waals surface area contributed by atoms with Gasteiger partial charge >= 0.3 is 0 Å². The number of carbonyl (C=O) groups is 3. The second-order valence-electron chi connectivity index (χ2n) is 11.8. The summed E-state index contributed by atoms with van der Waals surface area (Å²) in [5.74, 6) is 0.495. The molecule has 2 aromatic carbocycles. The van der Waals surface area contributed by atoms with E-state index in [0.29, 0.717) is 39.1 Å². The fourth-order valence-corrected chi connectivity index (χ4v) is 6.29. The largest absolute Gasteiger partial charge is 0.343 e. The summed E-state index contributed by atoms with van der Waals surface area (Å²) in [4.78, 5) is 51.3. The predicted molar refractivity (Wildman–Crippen MR) is 169 cm³/mol.